The molecular weight excluding hydrogens is 358 g/mol. The van der Waals surface area contributed by atoms with E-state index in [0.717, 1.165) is 53.0 Å². The van der Waals surface area contributed by atoms with E-state index in [4.69, 9.17) is 0 Å². The molecule has 27 heavy (non-hydrogen) atoms. The number of nitrogens with zero attached hydrogens (tertiary/aromatic N) is 2. The lowest BCUT2D eigenvalue weighted by atomic mass is 9.84. The van der Waals surface area contributed by atoms with Crippen molar-refractivity contribution < 1.29 is 9.59 Å². The van der Waals surface area contributed by atoms with E-state index in [0.29, 0.717) is 11.3 Å². The van der Waals surface area contributed by atoms with Crippen LogP contribution in [0.1, 0.15) is 45.8 Å². The number of carbonyl (C=O) groups excluding carboxylic acids is 2. The Bertz CT molecular complexity index is 958. The lowest BCUT2D eigenvalue weighted by Gasteiger charge is -2.25. The number of nitrogens with one attached hydrogen (secondary N) is 1. The van der Waals surface area contributed by atoms with Gasteiger partial charge in [-0.3, -0.25) is 9.59 Å². The average molecular weight is 379 g/mol. The molecule has 1 aliphatic heterocycles. The number of hydrogen-bond acceptors (Lipinski definition) is 4. The molecule has 0 saturated heterocycles. The van der Waals surface area contributed by atoms with Crippen molar-refractivity contribution in [2.24, 2.45) is 10.2 Å². The number of thiophene rings is 1. The van der Waals surface area contributed by atoms with E-state index < -0.39 is 0 Å². The minimum atomic E-state index is -0.159. The number of anilines is 1. The summed E-state index contributed by atoms with van der Waals surface area (Å²) >= 11 is 1.48. The van der Waals surface area contributed by atoms with Crippen molar-refractivity contribution >= 4 is 28.8 Å². The van der Waals surface area contributed by atoms with Gasteiger partial charge in [-0.05, 0) is 68.0 Å². The van der Waals surface area contributed by atoms with Gasteiger partial charge in [0.05, 0.1) is 10.9 Å². The van der Waals surface area contributed by atoms with Crippen molar-refractivity contribution in [2.75, 3.05) is 5.32 Å². The normalized spacial score (nSPS) is 19.1. The maximum absolute atomic E-state index is 12.4. The van der Waals surface area contributed by atoms with Crippen molar-refractivity contribution in [3.8, 4) is 0 Å². The van der Waals surface area contributed by atoms with Crippen LogP contribution in [-0.2, 0) is 11.2 Å². The third-order valence-electron chi connectivity index (χ3n) is 5.04. The second kappa shape index (κ2) is 7.56. The summed E-state index contributed by atoms with van der Waals surface area (Å²) in [7, 11) is 0. The third kappa shape index (κ3) is 3.90. The summed E-state index contributed by atoms with van der Waals surface area (Å²) in [5, 5.41) is 11.1. The summed E-state index contributed by atoms with van der Waals surface area (Å²) in [6, 6.07) is 11.6. The maximum Gasteiger partial charge on any atom is 0.291 e. The van der Waals surface area contributed by atoms with E-state index in [9.17, 15) is 9.59 Å². The molecule has 2 heterocycles. The molecule has 1 unspecified atom stereocenters. The van der Waals surface area contributed by atoms with Crippen molar-refractivity contribution in [2.45, 2.75) is 45.1 Å². The van der Waals surface area contributed by atoms with Gasteiger partial charge >= 0.3 is 0 Å². The minimum absolute atomic E-state index is 0.0658. The van der Waals surface area contributed by atoms with Crippen molar-refractivity contribution in [1.82, 2.24) is 0 Å². The first-order valence-electron chi connectivity index (χ1n) is 9.24. The topological polar surface area (TPSA) is 70.9 Å². The summed E-state index contributed by atoms with van der Waals surface area (Å²) in [6.07, 6.45) is 4.60. The first kappa shape index (κ1) is 17.8. The smallest absolute Gasteiger partial charge is 0.291 e. The van der Waals surface area contributed by atoms with E-state index in [2.05, 4.69) is 15.5 Å². The first-order valence-corrected chi connectivity index (χ1v) is 10.1. The molecule has 2 amide bonds. The van der Waals surface area contributed by atoms with E-state index in [1.54, 1.807) is 0 Å². The Kier molecular flexibility index (Phi) is 4.99. The molecule has 1 aromatic carbocycles. The molecule has 0 fully saturated rings. The fourth-order valence-electron chi connectivity index (χ4n) is 3.71. The van der Waals surface area contributed by atoms with E-state index >= 15 is 0 Å². The molecule has 6 heteroatoms. The molecule has 1 aromatic heterocycles. The second-order valence-corrected chi connectivity index (χ2v) is 8.30. The van der Waals surface area contributed by atoms with Crippen LogP contribution < -0.4 is 5.32 Å². The summed E-state index contributed by atoms with van der Waals surface area (Å²) < 4.78 is 0. The molecule has 1 atom stereocenters. The number of azo groups is 1. The standard InChI is InChI=1S/C21H21N3O2S/c1-13-9-10-19(27-13)21(26)22-15-6-4-5-14(11-15)12-18-16-7-2-3-8-17(16)20(25)24-23-18/h4-6,9-11,18H,2-3,7-8,12H2,1H3,(H,22,26). The van der Waals surface area contributed by atoms with Gasteiger partial charge in [0, 0.05) is 22.6 Å². The second-order valence-electron chi connectivity index (χ2n) is 7.02. The zero-order valence-electron chi connectivity index (χ0n) is 15.2. The summed E-state index contributed by atoms with van der Waals surface area (Å²) in [5.41, 5.74) is 3.87. The molecule has 0 spiro atoms. The van der Waals surface area contributed by atoms with Gasteiger partial charge in [0.1, 0.15) is 0 Å². The number of benzene rings is 1. The molecule has 5 nitrogen and oxygen atoms in total. The van der Waals surface area contributed by atoms with E-state index in [1.165, 1.54) is 11.3 Å². The Morgan fingerprint density at radius 2 is 2.07 bits per heavy atom. The number of carbonyl (C=O) groups is 2. The molecule has 1 aliphatic carbocycles. The zero-order valence-corrected chi connectivity index (χ0v) is 16.0. The van der Waals surface area contributed by atoms with Crippen LogP contribution in [0.2, 0.25) is 0 Å². The Morgan fingerprint density at radius 3 is 2.89 bits per heavy atom. The first-order chi connectivity index (χ1) is 13.1. The van der Waals surface area contributed by atoms with Crippen molar-refractivity contribution in [3.63, 3.8) is 0 Å². The van der Waals surface area contributed by atoms with Gasteiger partial charge in [-0.15, -0.1) is 16.5 Å². The quantitative estimate of drug-likeness (QED) is 0.804. The van der Waals surface area contributed by atoms with Crippen LogP contribution in [0, 0.1) is 6.92 Å². The highest BCUT2D eigenvalue weighted by atomic mass is 32.1. The molecule has 2 aliphatic rings. The van der Waals surface area contributed by atoms with Gasteiger partial charge in [0.25, 0.3) is 11.8 Å². The van der Waals surface area contributed by atoms with Gasteiger partial charge in [-0.25, -0.2) is 0 Å². The van der Waals surface area contributed by atoms with Crippen molar-refractivity contribution in [1.29, 1.82) is 0 Å². The maximum atomic E-state index is 12.4. The van der Waals surface area contributed by atoms with E-state index in [1.807, 2.05) is 43.3 Å². The minimum Gasteiger partial charge on any atom is -0.321 e. The molecule has 4 rings (SSSR count). The Labute approximate surface area is 162 Å². The van der Waals surface area contributed by atoms with Gasteiger partial charge in [0.2, 0.25) is 0 Å². The predicted octanol–water partition coefficient (Wildman–Crippen LogP) is 5.08. The fourth-order valence-corrected chi connectivity index (χ4v) is 4.47. The molecule has 0 radical (unpaired) electrons. The third-order valence-corrected chi connectivity index (χ3v) is 6.04. The Balaban J connectivity index is 1.49. The van der Waals surface area contributed by atoms with Gasteiger partial charge in [-0.1, -0.05) is 12.1 Å². The highest BCUT2D eigenvalue weighted by Crippen LogP contribution is 2.33. The van der Waals surface area contributed by atoms with Crippen molar-refractivity contribution in [3.05, 3.63) is 62.9 Å². The van der Waals surface area contributed by atoms with Crippen LogP contribution in [0.3, 0.4) is 0 Å². The van der Waals surface area contributed by atoms with E-state index in [-0.39, 0.29) is 17.9 Å². The van der Waals surface area contributed by atoms with Crippen LogP contribution in [0.25, 0.3) is 0 Å². The van der Waals surface area contributed by atoms with Crippen LogP contribution in [0.5, 0.6) is 0 Å². The highest BCUT2D eigenvalue weighted by Gasteiger charge is 2.28. The number of aryl methyl sites for hydroxylation is 1. The highest BCUT2D eigenvalue weighted by molar-refractivity contribution is 7.14. The van der Waals surface area contributed by atoms with Crippen LogP contribution >= 0.6 is 11.3 Å². The SMILES string of the molecule is Cc1ccc(C(=O)Nc2cccc(CC3N=NC(=O)C4=C3CCCC4)c2)s1. The number of rotatable bonds is 4. The van der Waals surface area contributed by atoms with Crippen LogP contribution in [0.4, 0.5) is 5.69 Å². The molecule has 0 bridgehead atoms. The molecule has 1 N–H and O–H groups in total. The van der Waals surface area contributed by atoms with Crippen LogP contribution in [-0.4, -0.2) is 17.9 Å². The molecule has 0 saturated carbocycles. The monoisotopic (exact) mass is 379 g/mol. The van der Waals surface area contributed by atoms with Gasteiger partial charge < -0.3 is 5.32 Å². The number of hydrogen-bond donors (Lipinski definition) is 1. The average Bonchev–Trinajstić information content (AvgIpc) is 3.11. The Morgan fingerprint density at radius 1 is 1.22 bits per heavy atom. The van der Waals surface area contributed by atoms with Gasteiger partial charge in [0.15, 0.2) is 0 Å². The predicted molar refractivity (Wildman–Crippen MR) is 106 cm³/mol. The molecule has 2 aromatic rings. The van der Waals surface area contributed by atoms with Gasteiger partial charge in [-0.2, -0.15) is 5.11 Å². The Hall–Kier alpha value is -2.60. The number of amides is 2. The lowest BCUT2D eigenvalue weighted by Crippen LogP contribution is -2.23. The summed E-state index contributed by atoms with van der Waals surface area (Å²) in [4.78, 5) is 26.2. The lowest BCUT2D eigenvalue weighted by molar-refractivity contribution is -0.115. The molecular formula is C21H21N3O2S. The molecule has 138 valence electrons. The van der Waals surface area contributed by atoms with Crippen LogP contribution in [0.15, 0.2) is 57.8 Å². The largest absolute Gasteiger partial charge is 0.321 e. The summed E-state index contributed by atoms with van der Waals surface area (Å²) in [6.45, 7) is 1.99. The fraction of sp³-hybridized carbons (Fsp3) is 0.333. The summed E-state index contributed by atoms with van der Waals surface area (Å²) in [5.74, 6) is -0.251. The zero-order chi connectivity index (χ0) is 18.8.